The van der Waals surface area contributed by atoms with Gasteiger partial charge < -0.3 is 5.32 Å². The SMILES string of the molecule is CC/C=C(\CCCC)Cc1ccc(SNC(C)(C)C)cc1NC. The van der Waals surface area contributed by atoms with Gasteiger partial charge in [-0.1, -0.05) is 38.0 Å². The molecular weight excluding hydrogens is 300 g/mol. The Morgan fingerprint density at radius 3 is 2.52 bits per heavy atom. The zero-order valence-electron chi connectivity index (χ0n) is 15.8. The van der Waals surface area contributed by atoms with Crippen molar-refractivity contribution >= 4 is 17.6 Å². The number of benzene rings is 1. The van der Waals surface area contributed by atoms with Crippen molar-refractivity contribution in [2.24, 2.45) is 0 Å². The van der Waals surface area contributed by atoms with Crippen LogP contribution in [0.2, 0.25) is 0 Å². The van der Waals surface area contributed by atoms with E-state index in [1.807, 2.05) is 7.05 Å². The summed E-state index contributed by atoms with van der Waals surface area (Å²) < 4.78 is 3.48. The first kappa shape index (κ1) is 20.1. The average Bonchev–Trinajstić information content (AvgIpc) is 2.51. The Morgan fingerprint density at radius 1 is 1.22 bits per heavy atom. The first-order chi connectivity index (χ1) is 10.9. The molecule has 0 aliphatic rings. The van der Waals surface area contributed by atoms with E-state index in [1.165, 1.54) is 35.4 Å². The largest absolute Gasteiger partial charge is 0.388 e. The van der Waals surface area contributed by atoms with Gasteiger partial charge in [0.25, 0.3) is 0 Å². The zero-order chi connectivity index (χ0) is 17.3. The molecule has 130 valence electrons. The van der Waals surface area contributed by atoms with Crippen LogP contribution in [0.1, 0.15) is 65.9 Å². The maximum absolute atomic E-state index is 3.48. The van der Waals surface area contributed by atoms with E-state index in [2.05, 4.69) is 68.9 Å². The highest BCUT2D eigenvalue weighted by Gasteiger charge is 2.11. The van der Waals surface area contributed by atoms with Crippen LogP contribution in [-0.4, -0.2) is 12.6 Å². The van der Waals surface area contributed by atoms with Gasteiger partial charge in [-0.25, -0.2) is 0 Å². The fraction of sp³-hybridized carbons (Fsp3) is 0.600. The summed E-state index contributed by atoms with van der Waals surface area (Å²) in [6, 6.07) is 6.75. The molecule has 0 saturated carbocycles. The van der Waals surface area contributed by atoms with E-state index in [4.69, 9.17) is 0 Å². The van der Waals surface area contributed by atoms with Crippen molar-refractivity contribution < 1.29 is 0 Å². The number of allylic oxidation sites excluding steroid dienone is 2. The number of unbranched alkanes of at least 4 members (excludes halogenated alkanes) is 1. The minimum Gasteiger partial charge on any atom is -0.388 e. The quantitative estimate of drug-likeness (QED) is 0.416. The van der Waals surface area contributed by atoms with Crippen LogP contribution in [0, 0.1) is 0 Å². The summed E-state index contributed by atoms with van der Waals surface area (Å²) in [6.45, 7) is 11.0. The first-order valence-corrected chi connectivity index (χ1v) is 9.63. The number of rotatable bonds is 9. The monoisotopic (exact) mass is 334 g/mol. The molecular formula is C20H34N2S. The smallest absolute Gasteiger partial charge is 0.0385 e. The number of hydrogen-bond donors (Lipinski definition) is 2. The summed E-state index contributed by atoms with van der Waals surface area (Å²) in [6.07, 6.45) is 8.34. The molecule has 0 spiro atoms. The maximum atomic E-state index is 3.48. The normalized spacial score (nSPS) is 12.5. The first-order valence-electron chi connectivity index (χ1n) is 8.82. The van der Waals surface area contributed by atoms with Gasteiger partial charge in [0.2, 0.25) is 0 Å². The molecule has 1 aromatic carbocycles. The van der Waals surface area contributed by atoms with Crippen molar-refractivity contribution in [3.63, 3.8) is 0 Å². The van der Waals surface area contributed by atoms with E-state index in [0.717, 1.165) is 12.8 Å². The van der Waals surface area contributed by atoms with Crippen LogP contribution in [0.5, 0.6) is 0 Å². The topological polar surface area (TPSA) is 24.1 Å². The van der Waals surface area contributed by atoms with Crippen LogP contribution in [0.25, 0.3) is 0 Å². The predicted octanol–water partition coefficient (Wildman–Crippen LogP) is 6.19. The van der Waals surface area contributed by atoms with E-state index in [1.54, 1.807) is 17.5 Å². The summed E-state index contributed by atoms with van der Waals surface area (Å²) >= 11 is 1.70. The van der Waals surface area contributed by atoms with E-state index in [-0.39, 0.29) is 5.54 Å². The molecule has 1 rings (SSSR count). The second kappa shape index (κ2) is 10.0. The van der Waals surface area contributed by atoms with E-state index >= 15 is 0 Å². The van der Waals surface area contributed by atoms with Crippen molar-refractivity contribution in [3.8, 4) is 0 Å². The lowest BCUT2D eigenvalue weighted by Crippen LogP contribution is -2.29. The molecule has 0 aliphatic carbocycles. The lowest BCUT2D eigenvalue weighted by molar-refractivity contribution is 0.535. The van der Waals surface area contributed by atoms with Crippen molar-refractivity contribution in [1.29, 1.82) is 0 Å². The van der Waals surface area contributed by atoms with Crippen molar-refractivity contribution in [2.75, 3.05) is 12.4 Å². The highest BCUT2D eigenvalue weighted by Crippen LogP contribution is 2.27. The van der Waals surface area contributed by atoms with Crippen LogP contribution < -0.4 is 10.0 Å². The average molecular weight is 335 g/mol. The summed E-state index contributed by atoms with van der Waals surface area (Å²) in [5.74, 6) is 0. The molecule has 0 aromatic heterocycles. The Bertz CT molecular complexity index is 501. The van der Waals surface area contributed by atoms with E-state index < -0.39 is 0 Å². The molecule has 0 saturated heterocycles. The Balaban J connectivity index is 2.84. The summed E-state index contributed by atoms with van der Waals surface area (Å²) in [4.78, 5) is 1.25. The lowest BCUT2D eigenvalue weighted by Gasteiger charge is -2.20. The van der Waals surface area contributed by atoms with Crippen LogP contribution >= 0.6 is 11.9 Å². The van der Waals surface area contributed by atoms with Gasteiger partial charge in [-0.3, -0.25) is 4.72 Å². The molecule has 0 bridgehead atoms. The van der Waals surface area contributed by atoms with Gasteiger partial charge in [-0.2, -0.15) is 0 Å². The molecule has 0 amide bonds. The van der Waals surface area contributed by atoms with E-state index in [9.17, 15) is 0 Å². The number of nitrogens with one attached hydrogen (secondary N) is 2. The predicted molar refractivity (Wildman–Crippen MR) is 106 cm³/mol. The molecule has 2 nitrogen and oxygen atoms in total. The molecule has 3 heteroatoms. The Labute approximate surface area is 147 Å². The Hall–Kier alpha value is -0.930. The lowest BCUT2D eigenvalue weighted by atomic mass is 9.98. The minimum absolute atomic E-state index is 0.111. The standard InChI is InChI=1S/C20H34N2S/c1-7-9-11-16(10-8-2)14-17-12-13-18(15-19(17)21-6)23-22-20(3,4)5/h10,12-13,15,21-22H,7-9,11,14H2,1-6H3/b16-10+. The molecule has 23 heavy (non-hydrogen) atoms. The third kappa shape index (κ3) is 7.94. The van der Waals surface area contributed by atoms with E-state index in [0.29, 0.717) is 0 Å². The molecule has 0 unspecified atom stereocenters. The van der Waals surface area contributed by atoms with Gasteiger partial charge in [0, 0.05) is 23.2 Å². The molecule has 1 aromatic rings. The highest BCUT2D eigenvalue weighted by atomic mass is 32.2. The molecule has 0 aliphatic heterocycles. The molecule has 0 heterocycles. The van der Waals surface area contributed by atoms with Crippen LogP contribution in [-0.2, 0) is 6.42 Å². The van der Waals surface area contributed by atoms with Gasteiger partial charge in [-0.05, 0) is 76.1 Å². The Morgan fingerprint density at radius 2 is 1.96 bits per heavy atom. The van der Waals surface area contributed by atoms with Crippen LogP contribution in [0.15, 0.2) is 34.7 Å². The molecule has 0 fully saturated rings. The summed E-state index contributed by atoms with van der Waals surface area (Å²) in [7, 11) is 2.01. The fourth-order valence-corrected chi connectivity index (χ4v) is 3.15. The van der Waals surface area contributed by atoms with Gasteiger partial charge in [-0.15, -0.1) is 0 Å². The van der Waals surface area contributed by atoms with Crippen molar-refractivity contribution in [2.45, 2.75) is 77.2 Å². The summed E-state index contributed by atoms with van der Waals surface area (Å²) in [5, 5.41) is 3.37. The second-order valence-electron chi connectivity index (χ2n) is 7.07. The van der Waals surface area contributed by atoms with Gasteiger partial charge in [0.05, 0.1) is 0 Å². The van der Waals surface area contributed by atoms with Gasteiger partial charge in [0.15, 0.2) is 0 Å². The maximum Gasteiger partial charge on any atom is 0.0385 e. The van der Waals surface area contributed by atoms with Crippen molar-refractivity contribution in [3.05, 3.63) is 35.4 Å². The molecule has 0 atom stereocenters. The third-order valence-corrected chi connectivity index (χ3v) is 4.79. The fourth-order valence-electron chi connectivity index (χ4n) is 2.42. The number of hydrogen-bond acceptors (Lipinski definition) is 3. The third-order valence-electron chi connectivity index (χ3n) is 3.59. The van der Waals surface area contributed by atoms with Crippen LogP contribution in [0.3, 0.4) is 0 Å². The second-order valence-corrected chi connectivity index (χ2v) is 7.95. The van der Waals surface area contributed by atoms with Crippen LogP contribution in [0.4, 0.5) is 5.69 Å². The molecule has 2 N–H and O–H groups in total. The molecule has 0 radical (unpaired) electrons. The van der Waals surface area contributed by atoms with Crippen molar-refractivity contribution in [1.82, 2.24) is 4.72 Å². The number of anilines is 1. The minimum atomic E-state index is 0.111. The summed E-state index contributed by atoms with van der Waals surface area (Å²) in [5.41, 5.74) is 4.31. The van der Waals surface area contributed by atoms with Gasteiger partial charge in [0.1, 0.15) is 0 Å². The zero-order valence-corrected chi connectivity index (χ0v) is 16.6. The highest BCUT2D eigenvalue weighted by molar-refractivity contribution is 7.97. The Kier molecular flexibility index (Phi) is 8.78. The van der Waals surface area contributed by atoms with Gasteiger partial charge >= 0.3 is 0 Å².